The molecule has 1 saturated carbocycles. The quantitative estimate of drug-likeness (QED) is 0.891. The van der Waals surface area contributed by atoms with Crippen LogP contribution in [-0.2, 0) is 4.79 Å². The highest BCUT2D eigenvalue weighted by molar-refractivity contribution is 5.89. The molecule has 1 aromatic carbocycles. The van der Waals surface area contributed by atoms with Crippen LogP contribution in [0, 0.1) is 12.8 Å². The van der Waals surface area contributed by atoms with E-state index in [9.17, 15) is 4.79 Å². The minimum atomic E-state index is -0.00231. The molecule has 0 aromatic heterocycles. The number of carbonyl (C=O) groups is 1. The van der Waals surface area contributed by atoms with E-state index in [4.69, 9.17) is 0 Å². The summed E-state index contributed by atoms with van der Waals surface area (Å²) in [4.78, 5) is 15.1. The van der Waals surface area contributed by atoms with Gasteiger partial charge in [0.25, 0.3) is 0 Å². The molecule has 1 fully saturated rings. The molecule has 126 valence electrons. The van der Waals surface area contributed by atoms with Crippen LogP contribution in [0.5, 0.6) is 0 Å². The third-order valence-corrected chi connectivity index (χ3v) is 5.67. The molecule has 1 aromatic rings. The van der Waals surface area contributed by atoms with Gasteiger partial charge in [-0.2, -0.15) is 0 Å². The Bertz CT molecular complexity index is 549. The van der Waals surface area contributed by atoms with Crippen molar-refractivity contribution in [2.24, 2.45) is 5.92 Å². The monoisotopic (exact) mass is 314 g/mol. The second kappa shape index (κ2) is 7.37. The van der Waals surface area contributed by atoms with Crippen LogP contribution in [0.4, 0.5) is 5.69 Å². The first-order valence-electron chi connectivity index (χ1n) is 9.33. The molecule has 0 saturated heterocycles. The van der Waals surface area contributed by atoms with Crippen molar-refractivity contribution in [2.45, 2.75) is 58.3 Å². The molecule has 1 heterocycles. The second-order valence-electron chi connectivity index (χ2n) is 7.18. The van der Waals surface area contributed by atoms with Crippen molar-refractivity contribution in [1.82, 2.24) is 5.32 Å². The molecule has 3 heteroatoms. The lowest BCUT2D eigenvalue weighted by Gasteiger charge is -2.22. The maximum absolute atomic E-state index is 12.7. The molecule has 1 aliphatic carbocycles. The fourth-order valence-electron chi connectivity index (χ4n) is 4.32. The molecule has 1 atom stereocenters. The van der Waals surface area contributed by atoms with Crippen molar-refractivity contribution in [3.05, 3.63) is 29.3 Å². The van der Waals surface area contributed by atoms with E-state index in [-0.39, 0.29) is 11.8 Å². The molecule has 0 spiro atoms. The first-order chi connectivity index (χ1) is 11.2. The van der Waals surface area contributed by atoms with E-state index in [0.717, 1.165) is 32.0 Å². The first kappa shape index (κ1) is 16.4. The van der Waals surface area contributed by atoms with Gasteiger partial charge in [-0.3, -0.25) is 4.79 Å². The molecular formula is C20H30N2O. The molecule has 1 N–H and O–H groups in total. The molecule has 1 amide bonds. The summed E-state index contributed by atoms with van der Waals surface area (Å²) in [6.07, 6.45) is 8.00. The lowest BCUT2D eigenvalue weighted by atomic mass is 9.87. The van der Waals surface area contributed by atoms with Gasteiger partial charge < -0.3 is 10.2 Å². The topological polar surface area (TPSA) is 32.3 Å². The average molecular weight is 314 g/mol. The van der Waals surface area contributed by atoms with E-state index in [0.29, 0.717) is 0 Å². The van der Waals surface area contributed by atoms with Gasteiger partial charge in [0, 0.05) is 25.3 Å². The van der Waals surface area contributed by atoms with Gasteiger partial charge in [-0.1, -0.05) is 44.2 Å². The number of nitrogens with zero attached hydrogens (tertiary/aromatic N) is 1. The number of fused-ring (bicyclic) bond motifs is 1. The molecule has 0 bridgehead atoms. The zero-order valence-electron chi connectivity index (χ0n) is 14.6. The van der Waals surface area contributed by atoms with Crippen LogP contribution >= 0.6 is 0 Å². The molecular weight excluding hydrogens is 284 g/mol. The van der Waals surface area contributed by atoms with E-state index in [1.165, 1.54) is 48.9 Å². The third kappa shape index (κ3) is 3.54. The van der Waals surface area contributed by atoms with E-state index >= 15 is 0 Å². The van der Waals surface area contributed by atoms with E-state index < -0.39 is 0 Å². The summed E-state index contributed by atoms with van der Waals surface area (Å²) < 4.78 is 0. The van der Waals surface area contributed by atoms with Crippen molar-refractivity contribution < 1.29 is 4.79 Å². The van der Waals surface area contributed by atoms with Crippen LogP contribution in [0.1, 0.15) is 62.5 Å². The first-order valence-corrected chi connectivity index (χ1v) is 9.33. The number of benzene rings is 1. The highest BCUT2D eigenvalue weighted by Gasteiger charge is 2.33. The number of amides is 1. The number of hydrogen-bond donors (Lipinski definition) is 1. The maximum atomic E-state index is 12.7. The summed E-state index contributed by atoms with van der Waals surface area (Å²) in [6.45, 7) is 6.91. The molecule has 1 unspecified atom stereocenters. The predicted octanol–water partition coefficient (Wildman–Crippen LogP) is 4.01. The van der Waals surface area contributed by atoms with Crippen molar-refractivity contribution in [2.75, 3.05) is 24.5 Å². The Balaban J connectivity index is 1.60. The van der Waals surface area contributed by atoms with Gasteiger partial charge >= 0.3 is 0 Å². The highest BCUT2D eigenvalue weighted by atomic mass is 16.1. The number of nitrogens with one attached hydrogen (secondary N) is 1. The van der Waals surface area contributed by atoms with Gasteiger partial charge in [0.15, 0.2) is 0 Å². The van der Waals surface area contributed by atoms with Gasteiger partial charge in [-0.05, 0) is 43.4 Å². The van der Waals surface area contributed by atoms with Crippen LogP contribution in [0.15, 0.2) is 18.2 Å². The second-order valence-corrected chi connectivity index (χ2v) is 7.18. The minimum absolute atomic E-state index is 0.00231. The molecule has 0 radical (unpaired) electrons. The lowest BCUT2D eigenvalue weighted by Crippen LogP contribution is -2.34. The predicted molar refractivity (Wildman–Crippen MR) is 96.0 cm³/mol. The SMILES string of the molecule is CCN1CC(C(=O)NCCC2CCCCC2)c2c(C)cccc21. The summed E-state index contributed by atoms with van der Waals surface area (Å²) in [5.74, 6) is 1.04. The zero-order chi connectivity index (χ0) is 16.2. The number of hydrogen-bond acceptors (Lipinski definition) is 2. The summed E-state index contributed by atoms with van der Waals surface area (Å²) in [5.41, 5.74) is 3.73. The van der Waals surface area contributed by atoms with Crippen LogP contribution in [0.2, 0.25) is 0 Å². The number of rotatable bonds is 5. The van der Waals surface area contributed by atoms with Gasteiger partial charge in [0.05, 0.1) is 5.92 Å². The lowest BCUT2D eigenvalue weighted by molar-refractivity contribution is -0.122. The Morgan fingerprint density at radius 2 is 2.04 bits per heavy atom. The van der Waals surface area contributed by atoms with Crippen LogP contribution < -0.4 is 10.2 Å². The number of aryl methyl sites for hydroxylation is 1. The van der Waals surface area contributed by atoms with E-state index in [2.05, 4.69) is 42.3 Å². The Kier molecular flexibility index (Phi) is 5.24. The molecule has 3 nitrogen and oxygen atoms in total. The van der Waals surface area contributed by atoms with Gasteiger partial charge in [0.1, 0.15) is 0 Å². The van der Waals surface area contributed by atoms with Crippen molar-refractivity contribution in [3.63, 3.8) is 0 Å². The van der Waals surface area contributed by atoms with Gasteiger partial charge in [-0.25, -0.2) is 0 Å². The minimum Gasteiger partial charge on any atom is -0.370 e. The fourth-order valence-corrected chi connectivity index (χ4v) is 4.32. The van der Waals surface area contributed by atoms with Gasteiger partial charge in [0.2, 0.25) is 5.91 Å². The smallest absolute Gasteiger partial charge is 0.229 e. The Morgan fingerprint density at radius 3 is 2.78 bits per heavy atom. The number of likely N-dealkylation sites (N-methyl/N-ethyl adjacent to an activating group) is 1. The molecule has 1 aliphatic heterocycles. The number of carbonyl (C=O) groups excluding carboxylic acids is 1. The van der Waals surface area contributed by atoms with Crippen molar-refractivity contribution in [1.29, 1.82) is 0 Å². The zero-order valence-corrected chi connectivity index (χ0v) is 14.6. The number of anilines is 1. The average Bonchev–Trinajstić information content (AvgIpc) is 2.96. The Morgan fingerprint density at radius 1 is 1.26 bits per heavy atom. The highest BCUT2D eigenvalue weighted by Crippen LogP contribution is 2.38. The van der Waals surface area contributed by atoms with Crippen molar-refractivity contribution >= 4 is 11.6 Å². The fraction of sp³-hybridized carbons (Fsp3) is 0.650. The largest absolute Gasteiger partial charge is 0.370 e. The third-order valence-electron chi connectivity index (χ3n) is 5.67. The standard InChI is InChI=1S/C20H30N2O/c1-3-22-14-17(19-15(2)8-7-11-18(19)22)20(23)21-13-12-16-9-5-4-6-10-16/h7-8,11,16-17H,3-6,9-10,12-14H2,1-2H3,(H,21,23). The molecule has 3 rings (SSSR count). The maximum Gasteiger partial charge on any atom is 0.229 e. The van der Waals surface area contributed by atoms with Crippen LogP contribution in [0.3, 0.4) is 0 Å². The molecule has 23 heavy (non-hydrogen) atoms. The van der Waals surface area contributed by atoms with Crippen LogP contribution in [-0.4, -0.2) is 25.5 Å². The Labute approximate surface area is 140 Å². The van der Waals surface area contributed by atoms with E-state index in [1.807, 2.05) is 0 Å². The normalized spacial score (nSPS) is 21.3. The van der Waals surface area contributed by atoms with Gasteiger partial charge in [-0.15, -0.1) is 0 Å². The Hall–Kier alpha value is -1.51. The van der Waals surface area contributed by atoms with Crippen LogP contribution in [0.25, 0.3) is 0 Å². The summed E-state index contributed by atoms with van der Waals surface area (Å²) in [5, 5.41) is 3.22. The van der Waals surface area contributed by atoms with E-state index in [1.54, 1.807) is 0 Å². The summed E-state index contributed by atoms with van der Waals surface area (Å²) in [6, 6.07) is 6.38. The molecule has 2 aliphatic rings. The summed E-state index contributed by atoms with van der Waals surface area (Å²) in [7, 11) is 0. The summed E-state index contributed by atoms with van der Waals surface area (Å²) >= 11 is 0. The van der Waals surface area contributed by atoms with Crippen molar-refractivity contribution in [3.8, 4) is 0 Å².